The lowest BCUT2D eigenvalue weighted by molar-refractivity contribution is -0.120. The molecule has 0 saturated carbocycles. The molecule has 0 unspecified atom stereocenters. The normalized spacial score (nSPS) is 10.6. The molecule has 0 saturated heterocycles. The van der Waals surface area contributed by atoms with Gasteiger partial charge in [-0.15, -0.1) is 0 Å². The predicted octanol–water partition coefficient (Wildman–Crippen LogP) is 3.48. The van der Waals surface area contributed by atoms with Gasteiger partial charge in [0.15, 0.2) is 11.5 Å². The third kappa shape index (κ3) is 7.23. The van der Waals surface area contributed by atoms with Crippen LogP contribution in [0.4, 0.5) is 0 Å². The van der Waals surface area contributed by atoms with Crippen molar-refractivity contribution < 1.29 is 28.5 Å². The molecule has 0 radical (unpaired) electrons. The maximum absolute atomic E-state index is 12.5. The molecule has 0 bridgehead atoms. The molecular weight excluding hydrogens is 462 g/mol. The number of hydrogen-bond acceptors (Lipinski definition) is 7. The van der Waals surface area contributed by atoms with Crippen LogP contribution in [0, 0.1) is 6.92 Å². The number of benzene rings is 3. The summed E-state index contributed by atoms with van der Waals surface area (Å²) in [4.78, 5) is 24.6. The van der Waals surface area contributed by atoms with Gasteiger partial charge in [0.05, 0.1) is 34.1 Å². The van der Waals surface area contributed by atoms with Gasteiger partial charge in [0.2, 0.25) is 5.75 Å². The Labute approximate surface area is 210 Å². The second kappa shape index (κ2) is 12.8. The van der Waals surface area contributed by atoms with E-state index in [9.17, 15) is 9.59 Å². The fraction of sp³-hybridized carbons (Fsp3) is 0.222. The van der Waals surface area contributed by atoms with Crippen molar-refractivity contribution in [2.75, 3.05) is 27.9 Å². The van der Waals surface area contributed by atoms with Crippen molar-refractivity contribution >= 4 is 18.0 Å². The molecule has 36 heavy (non-hydrogen) atoms. The van der Waals surface area contributed by atoms with E-state index in [2.05, 4.69) is 15.8 Å². The lowest BCUT2D eigenvalue weighted by Gasteiger charge is -2.14. The number of rotatable bonds is 11. The van der Waals surface area contributed by atoms with Crippen molar-refractivity contribution in [3.8, 4) is 23.0 Å². The van der Waals surface area contributed by atoms with Crippen LogP contribution in [0.5, 0.6) is 23.0 Å². The average Bonchev–Trinajstić information content (AvgIpc) is 2.91. The molecule has 3 rings (SSSR count). The van der Waals surface area contributed by atoms with Crippen LogP contribution in [0.25, 0.3) is 0 Å². The molecule has 0 spiro atoms. The van der Waals surface area contributed by atoms with Gasteiger partial charge in [0, 0.05) is 5.56 Å². The van der Waals surface area contributed by atoms with E-state index in [0.29, 0.717) is 23.9 Å². The third-order valence-corrected chi connectivity index (χ3v) is 5.15. The number of aryl methyl sites for hydroxylation is 1. The summed E-state index contributed by atoms with van der Waals surface area (Å²) in [5.74, 6) is 0.811. The zero-order chi connectivity index (χ0) is 25.9. The lowest BCUT2D eigenvalue weighted by Crippen LogP contribution is -2.34. The molecule has 3 aromatic carbocycles. The number of hydrogen-bond donors (Lipinski definition) is 2. The fourth-order valence-corrected chi connectivity index (χ4v) is 3.19. The zero-order valence-electron chi connectivity index (χ0n) is 20.7. The van der Waals surface area contributed by atoms with Gasteiger partial charge >= 0.3 is 0 Å². The van der Waals surface area contributed by atoms with Crippen LogP contribution in [0.15, 0.2) is 65.8 Å². The summed E-state index contributed by atoms with van der Waals surface area (Å²) < 4.78 is 21.5. The molecule has 9 nitrogen and oxygen atoms in total. The summed E-state index contributed by atoms with van der Waals surface area (Å²) in [6.07, 6.45) is 1.50. The van der Waals surface area contributed by atoms with Crippen molar-refractivity contribution in [1.82, 2.24) is 10.7 Å². The minimum atomic E-state index is -0.481. The second-order valence-corrected chi connectivity index (χ2v) is 7.73. The zero-order valence-corrected chi connectivity index (χ0v) is 20.7. The Kier molecular flexibility index (Phi) is 9.27. The van der Waals surface area contributed by atoms with Gasteiger partial charge in [-0.3, -0.25) is 9.59 Å². The average molecular weight is 492 g/mol. The third-order valence-electron chi connectivity index (χ3n) is 5.15. The van der Waals surface area contributed by atoms with Crippen LogP contribution >= 0.6 is 0 Å². The van der Waals surface area contributed by atoms with Crippen LogP contribution < -0.4 is 29.7 Å². The molecule has 3 aromatic rings. The number of ether oxygens (including phenoxy) is 4. The van der Waals surface area contributed by atoms with Crippen LogP contribution in [-0.4, -0.2) is 45.9 Å². The van der Waals surface area contributed by atoms with Crippen molar-refractivity contribution in [3.05, 3.63) is 82.9 Å². The summed E-state index contributed by atoms with van der Waals surface area (Å²) >= 11 is 0. The summed E-state index contributed by atoms with van der Waals surface area (Å²) in [6, 6.07) is 18.5. The topological polar surface area (TPSA) is 107 Å². The minimum Gasteiger partial charge on any atom is -0.493 e. The Morgan fingerprint density at radius 3 is 2.11 bits per heavy atom. The monoisotopic (exact) mass is 491 g/mol. The van der Waals surface area contributed by atoms with Crippen LogP contribution in [0.1, 0.15) is 27.0 Å². The Balaban J connectivity index is 1.46. The van der Waals surface area contributed by atoms with Crippen LogP contribution in [0.2, 0.25) is 0 Å². The largest absolute Gasteiger partial charge is 0.493 e. The minimum absolute atomic E-state index is 0.255. The summed E-state index contributed by atoms with van der Waals surface area (Å²) in [5, 5.41) is 6.46. The quantitative estimate of drug-likeness (QED) is 0.314. The standard InChI is InChI=1S/C27H29N3O6/c1-18-5-7-20(8-6-18)17-36-22-11-9-19(10-12-22)15-29-30-25(31)16-28-27(32)21-13-23(33-2)26(35-4)24(14-21)34-3/h5-15H,16-17H2,1-4H3,(H,28,32)(H,30,31)/b29-15+. The fourth-order valence-electron chi connectivity index (χ4n) is 3.19. The van der Waals surface area contributed by atoms with E-state index in [1.807, 2.05) is 55.5 Å². The Hall–Kier alpha value is -4.53. The van der Waals surface area contributed by atoms with E-state index in [0.717, 1.165) is 16.9 Å². The highest BCUT2D eigenvalue weighted by molar-refractivity contribution is 5.97. The molecule has 0 fully saturated rings. The van der Waals surface area contributed by atoms with E-state index >= 15 is 0 Å². The number of carbonyl (C=O) groups is 2. The molecule has 0 heterocycles. The van der Waals surface area contributed by atoms with Gasteiger partial charge in [-0.25, -0.2) is 5.43 Å². The molecule has 2 N–H and O–H groups in total. The van der Waals surface area contributed by atoms with Crippen molar-refractivity contribution in [2.24, 2.45) is 5.10 Å². The van der Waals surface area contributed by atoms with Crippen molar-refractivity contribution in [2.45, 2.75) is 13.5 Å². The van der Waals surface area contributed by atoms with E-state index < -0.39 is 11.8 Å². The Bertz CT molecular complexity index is 1180. The SMILES string of the molecule is COc1cc(C(=O)NCC(=O)N/N=C/c2ccc(OCc3ccc(C)cc3)cc2)cc(OC)c1OC. The van der Waals surface area contributed by atoms with Crippen molar-refractivity contribution in [1.29, 1.82) is 0 Å². The number of nitrogens with zero attached hydrogens (tertiary/aromatic N) is 1. The Morgan fingerprint density at radius 1 is 0.889 bits per heavy atom. The van der Waals surface area contributed by atoms with Gasteiger partial charge in [0.1, 0.15) is 12.4 Å². The molecule has 0 aromatic heterocycles. The van der Waals surface area contributed by atoms with E-state index in [-0.39, 0.29) is 12.1 Å². The van der Waals surface area contributed by atoms with Gasteiger partial charge < -0.3 is 24.3 Å². The molecule has 188 valence electrons. The van der Waals surface area contributed by atoms with E-state index in [1.165, 1.54) is 45.2 Å². The second-order valence-electron chi connectivity index (χ2n) is 7.73. The summed E-state index contributed by atoms with van der Waals surface area (Å²) in [7, 11) is 4.38. The van der Waals surface area contributed by atoms with Gasteiger partial charge in [-0.2, -0.15) is 5.10 Å². The summed E-state index contributed by atoms with van der Waals surface area (Å²) in [5.41, 5.74) is 5.71. The maximum atomic E-state index is 12.5. The molecular formula is C27H29N3O6. The number of methoxy groups -OCH3 is 3. The molecule has 0 atom stereocenters. The highest BCUT2D eigenvalue weighted by Crippen LogP contribution is 2.38. The van der Waals surface area contributed by atoms with Gasteiger partial charge in [0.25, 0.3) is 11.8 Å². The van der Waals surface area contributed by atoms with E-state index in [4.69, 9.17) is 18.9 Å². The van der Waals surface area contributed by atoms with Crippen molar-refractivity contribution in [3.63, 3.8) is 0 Å². The smallest absolute Gasteiger partial charge is 0.259 e. The van der Waals surface area contributed by atoms with Gasteiger partial charge in [-0.1, -0.05) is 29.8 Å². The molecule has 0 aliphatic rings. The maximum Gasteiger partial charge on any atom is 0.259 e. The van der Waals surface area contributed by atoms with Crippen LogP contribution in [-0.2, 0) is 11.4 Å². The molecule has 0 aliphatic heterocycles. The number of hydrazone groups is 1. The molecule has 2 amide bonds. The first-order chi connectivity index (χ1) is 17.4. The number of amides is 2. The van der Waals surface area contributed by atoms with Crippen LogP contribution in [0.3, 0.4) is 0 Å². The lowest BCUT2D eigenvalue weighted by atomic mass is 10.1. The number of carbonyl (C=O) groups excluding carboxylic acids is 2. The van der Waals surface area contributed by atoms with E-state index in [1.54, 1.807) is 0 Å². The predicted molar refractivity (Wildman–Crippen MR) is 136 cm³/mol. The first kappa shape index (κ1) is 26.1. The van der Waals surface area contributed by atoms with Gasteiger partial charge in [-0.05, 0) is 54.4 Å². The highest BCUT2D eigenvalue weighted by Gasteiger charge is 2.17. The summed E-state index contributed by atoms with van der Waals surface area (Å²) in [6.45, 7) is 2.26. The first-order valence-corrected chi connectivity index (χ1v) is 11.1. The Morgan fingerprint density at radius 2 is 1.53 bits per heavy atom. The molecule has 9 heteroatoms. The highest BCUT2D eigenvalue weighted by atomic mass is 16.5. The molecule has 0 aliphatic carbocycles. The number of nitrogens with one attached hydrogen (secondary N) is 2. The first-order valence-electron chi connectivity index (χ1n) is 11.1.